The first-order valence-electron chi connectivity index (χ1n) is 11.1. The summed E-state index contributed by atoms with van der Waals surface area (Å²) in [5, 5.41) is 1.54. The van der Waals surface area contributed by atoms with Crippen LogP contribution in [-0.4, -0.2) is 38.4 Å². The van der Waals surface area contributed by atoms with Gasteiger partial charge in [0.2, 0.25) is 0 Å². The third-order valence-corrected chi connectivity index (χ3v) is 4.73. The molecule has 0 radical (unpaired) electrons. The number of para-hydroxylation sites is 1. The molecule has 35 heavy (non-hydrogen) atoms. The second-order valence-corrected chi connectivity index (χ2v) is 7.69. The van der Waals surface area contributed by atoms with Crippen LogP contribution in [0.1, 0.15) is 13.8 Å². The van der Waals surface area contributed by atoms with Gasteiger partial charge in [-0.25, -0.2) is 9.59 Å². The predicted molar refractivity (Wildman–Crippen MR) is 133 cm³/mol. The van der Waals surface area contributed by atoms with Crippen molar-refractivity contribution in [2.45, 2.75) is 13.8 Å². The highest BCUT2D eigenvalue weighted by Gasteiger charge is 2.17. The van der Waals surface area contributed by atoms with Gasteiger partial charge in [0.25, 0.3) is 0 Å². The topological polar surface area (TPSA) is 80.3 Å². The Balaban J connectivity index is 1.86. The summed E-state index contributed by atoms with van der Waals surface area (Å²) < 4.78 is 28.4. The van der Waals surface area contributed by atoms with Gasteiger partial charge in [0.1, 0.15) is 37.9 Å². The molecule has 0 aromatic heterocycles. The van der Waals surface area contributed by atoms with Gasteiger partial charge in [-0.3, -0.25) is 0 Å². The van der Waals surface area contributed by atoms with E-state index < -0.39 is 11.9 Å². The minimum Gasteiger partial charge on any atom is -0.489 e. The second-order valence-electron chi connectivity index (χ2n) is 7.69. The monoisotopic (exact) mass is 476 g/mol. The van der Waals surface area contributed by atoms with Crippen LogP contribution in [0.25, 0.3) is 10.8 Å². The number of rotatable bonds is 12. The fraction of sp³-hybridized carbons (Fsp3) is 0.214. The standard InChI is InChI=1S/C28H28O7/c1-19(2)27(29)33-16-14-31-24-18-25(35-21-10-6-5-7-11-21)26(23-13-9-8-12-22(23)24)32-15-17-34-28(30)20(3)4/h5-13,18H,1,3,14-17H2,2,4H3. The van der Waals surface area contributed by atoms with Crippen LogP contribution >= 0.6 is 0 Å². The quantitative estimate of drug-likeness (QED) is 0.190. The molecular weight excluding hydrogens is 448 g/mol. The Hall–Kier alpha value is -4.26. The maximum atomic E-state index is 11.7. The van der Waals surface area contributed by atoms with Crippen LogP contribution in [0.2, 0.25) is 0 Å². The van der Waals surface area contributed by atoms with Crippen molar-refractivity contribution in [3.05, 3.63) is 85.0 Å². The molecule has 0 atom stereocenters. The molecule has 7 heteroatoms. The number of esters is 2. The average Bonchev–Trinajstić information content (AvgIpc) is 2.85. The zero-order chi connectivity index (χ0) is 25.2. The molecule has 3 aromatic rings. The number of ether oxygens (including phenoxy) is 5. The normalized spacial score (nSPS) is 10.3. The summed E-state index contributed by atoms with van der Waals surface area (Å²) in [6, 6.07) is 18.5. The number of hydrogen-bond acceptors (Lipinski definition) is 7. The number of carbonyl (C=O) groups excluding carboxylic acids is 2. The first-order valence-corrected chi connectivity index (χ1v) is 11.1. The Morgan fingerprint density at radius 2 is 1.23 bits per heavy atom. The Kier molecular flexibility index (Phi) is 8.89. The summed E-state index contributed by atoms with van der Waals surface area (Å²) >= 11 is 0. The minimum atomic E-state index is -0.477. The summed E-state index contributed by atoms with van der Waals surface area (Å²) in [6.07, 6.45) is 0. The molecule has 0 aliphatic carbocycles. The molecule has 0 spiro atoms. The van der Waals surface area contributed by atoms with Crippen molar-refractivity contribution in [1.29, 1.82) is 0 Å². The van der Waals surface area contributed by atoms with Crippen molar-refractivity contribution in [3.8, 4) is 23.0 Å². The highest BCUT2D eigenvalue weighted by molar-refractivity contribution is 5.95. The molecule has 0 heterocycles. The molecule has 182 valence electrons. The second kappa shape index (κ2) is 12.3. The molecule has 0 N–H and O–H groups in total. The minimum absolute atomic E-state index is 0.0527. The molecule has 0 aliphatic rings. The molecule has 3 aromatic carbocycles. The van der Waals surface area contributed by atoms with Crippen molar-refractivity contribution in [2.75, 3.05) is 26.4 Å². The number of fused-ring (bicyclic) bond motifs is 1. The van der Waals surface area contributed by atoms with Crippen LogP contribution in [0.3, 0.4) is 0 Å². The summed E-state index contributed by atoms with van der Waals surface area (Å²) in [5.41, 5.74) is 0.642. The van der Waals surface area contributed by atoms with Crippen LogP contribution in [0, 0.1) is 0 Å². The van der Waals surface area contributed by atoms with Crippen LogP contribution in [0.15, 0.2) is 85.0 Å². The van der Waals surface area contributed by atoms with Crippen molar-refractivity contribution < 1.29 is 33.3 Å². The van der Waals surface area contributed by atoms with E-state index in [0.717, 1.165) is 10.8 Å². The first kappa shape index (κ1) is 25.4. The van der Waals surface area contributed by atoms with Crippen molar-refractivity contribution in [3.63, 3.8) is 0 Å². The average molecular weight is 477 g/mol. The van der Waals surface area contributed by atoms with E-state index in [-0.39, 0.29) is 26.4 Å². The fourth-order valence-corrected chi connectivity index (χ4v) is 3.06. The van der Waals surface area contributed by atoms with Crippen molar-refractivity contribution in [2.24, 2.45) is 0 Å². The van der Waals surface area contributed by atoms with Crippen LogP contribution in [0.5, 0.6) is 23.0 Å². The van der Waals surface area contributed by atoms with Gasteiger partial charge in [-0.2, -0.15) is 0 Å². The van der Waals surface area contributed by atoms with Crippen LogP contribution in [0.4, 0.5) is 0 Å². The van der Waals surface area contributed by atoms with E-state index in [1.807, 2.05) is 54.6 Å². The molecule has 0 unspecified atom stereocenters. The van der Waals surface area contributed by atoms with Gasteiger partial charge in [-0.05, 0) is 26.0 Å². The lowest BCUT2D eigenvalue weighted by molar-refractivity contribution is -0.140. The van der Waals surface area contributed by atoms with Gasteiger partial charge in [0.05, 0.1) is 0 Å². The lowest BCUT2D eigenvalue weighted by Gasteiger charge is -2.18. The highest BCUT2D eigenvalue weighted by Crippen LogP contribution is 2.43. The number of hydrogen-bond donors (Lipinski definition) is 0. The maximum absolute atomic E-state index is 11.7. The Morgan fingerprint density at radius 3 is 1.83 bits per heavy atom. The zero-order valence-electron chi connectivity index (χ0n) is 19.9. The Labute approximate surface area is 204 Å². The number of benzene rings is 3. The summed E-state index contributed by atoms with van der Waals surface area (Å²) in [5.74, 6) is 1.12. The molecule has 0 saturated heterocycles. The first-order chi connectivity index (χ1) is 16.9. The molecule has 7 nitrogen and oxygen atoms in total. The van der Waals surface area contributed by atoms with E-state index in [2.05, 4.69) is 13.2 Å². The fourth-order valence-electron chi connectivity index (χ4n) is 3.06. The molecule has 0 amide bonds. The third kappa shape index (κ3) is 7.11. The summed E-state index contributed by atoms with van der Waals surface area (Å²) in [7, 11) is 0. The maximum Gasteiger partial charge on any atom is 0.333 e. The van der Waals surface area contributed by atoms with Crippen LogP contribution in [-0.2, 0) is 19.1 Å². The molecular formula is C28H28O7. The van der Waals surface area contributed by atoms with Gasteiger partial charge in [-0.15, -0.1) is 0 Å². The van der Waals surface area contributed by atoms with Gasteiger partial charge >= 0.3 is 11.9 Å². The van der Waals surface area contributed by atoms with Gasteiger partial charge in [0, 0.05) is 28.0 Å². The third-order valence-electron chi connectivity index (χ3n) is 4.73. The number of carbonyl (C=O) groups is 2. The lowest BCUT2D eigenvalue weighted by atomic mass is 10.1. The summed E-state index contributed by atoms with van der Waals surface area (Å²) in [4.78, 5) is 23.3. The molecule has 0 bridgehead atoms. The molecule has 0 fully saturated rings. The van der Waals surface area contributed by atoms with E-state index in [0.29, 0.717) is 34.1 Å². The van der Waals surface area contributed by atoms with E-state index in [1.165, 1.54) is 0 Å². The van der Waals surface area contributed by atoms with Crippen molar-refractivity contribution in [1.82, 2.24) is 0 Å². The predicted octanol–water partition coefficient (Wildman–Crippen LogP) is 5.63. The Morgan fingerprint density at radius 1 is 0.686 bits per heavy atom. The van der Waals surface area contributed by atoms with Gasteiger partial charge in [-0.1, -0.05) is 55.6 Å². The lowest BCUT2D eigenvalue weighted by Crippen LogP contribution is -2.13. The van der Waals surface area contributed by atoms with Crippen molar-refractivity contribution >= 4 is 22.7 Å². The molecule has 3 rings (SSSR count). The van der Waals surface area contributed by atoms with E-state index in [9.17, 15) is 9.59 Å². The van der Waals surface area contributed by atoms with E-state index in [1.54, 1.807) is 19.9 Å². The highest BCUT2D eigenvalue weighted by atomic mass is 16.6. The van der Waals surface area contributed by atoms with Crippen LogP contribution < -0.4 is 14.2 Å². The largest absolute Gasteiger partial charge is 0.489 e. The SMILES string of the molecule is C=C(C)C(=O)OCCOc1cc(Oc2ccccc2)c(OCCOC(=O)C(=C)C)c2ccccc12. The summed E-state index contributed by atoms with van der Waals surface area (Å²) in [6.45, 7) is 10.7. The van der Waals surface area contributed by atoms with Gasteiger partial charge in [0.15, 0.2) is 11.5 Å². The smallest absolute Gasteiger partial charge is 0.333 e. The zero-order valence-corrected chi connectivity index (χ0v) is 19.9. The van der Waals surface area contributed by atoms with Gasteiger partial charge < -0.3 is 23.7 Å². The van der Waals surface area contributed by atoms with E-state index >= 15 is 0 Å². The molecule has 0 aliphatic heterocycles. The molecule has 0 saturated carbocycles. The van der Waals surface area contributed by atoms with E-state index in [4.69, 9.17) is 23.7 Å². The Bertz CT molecular complexity index is 1210.